The van der Waals surface area contributed by atoms with Gasteiger partial charge in [-0.15, -0.1) is 0 Å². The molecule has 0 bridgehead atoms. The lowest BCUT2D eigenvalue weighted by atomic mass is 9.80. The highest BCUT2D eigenvalue weighted by Crippen LogP contribution is 2.30. The zero-order valence-corrected chi connectivity index (χ0v) is 10.5. The van der Waals surface area contributed by atoms with Gasteiger partial charge in [0.15, 0.2) is 0 Å². The van der Waals surface area contributed by atoms with Gasteiger partial charge in [-0.1, -0.05) is 6.92 Å². The van der Waals surface area contributed by atoms with E-state index >= 15 is 0 Å². The van der Waals surface area contributed by atoms with Crippen LogP contribution in [0.25, 0.3) is 0 Å². The van der Waals surface area contributed by atoms with Gasteiger partial charge in [0, 0.05) is 24.5 Å². The number of nitrogens with one attached hydrogen (secondary N) is 1. The second kappa shape index (κ2) is 5.00. The summed E-state index contributed by atoms with van der Waals surface area (Å²) in [6, 6.07) is 3.25. The molecule has 17 heavy (non-hydrogen) atoms. The summed E-state index contributed by atoms with van der Waals surface area (Å²) in [5.74, 6) is -0.427. The highest BCUT2D eigenvalue weighted by Gasteiger charge is 2.28. The summed E-state index contributed by atoms with van der Waals surface area (Å²) < 4.78 is 12.9. The molecule has 0 aliphatic carbocycles. The lowest BCUT2D eigenvalue weighted by molar-refractivity contribution is 0.150. The van der Waals surface area contributed by atoms with Crippen LogP contribution in [0.2, 0.25) is 0 Å². The predicted molar refractivity (Wildman–Crippen MR) is 67.5 cm³/mol. The molecule has 1 N–H and O–H groups in total. The maximum atomic E-state index is 12.9. The van der Waals surface area contributed by atoms with Crippen molar-refractivity contribution in [3.63, 3.8) is 0 Å². The Morgan fingerprint density at radius 3 is 2.82 bits per heavy atom. The third-order valence-electron chi connectivity index (χ3n) is 3.64. The quantitative estimate of drug-likeness (QED) is 0.818. The maximum absolute atomic E-state index is 12.9. The Morgan fingerprint density at radius 2 is 2.18 bits per heavy atom. The molecule has 1 aromatic heterocycles. The van der Waals surface area contributed by atoms with E-state index in [0.717, 1.165) is 25.3 Å². The van der Waals surface area contributed by atoms with Gasteiger partial charge < -0.3 is 10.2 Å². The summed E-state index contributed by atoms with van der Waals surface area (Å²) in [5, 5.41) is 3.31. The van der Waals surface area contributed by atoms with E-state index in [-0.39, 0.29) is 0 Å². The molecule has 1 aliphatic heterocycles. The number of rotatable bonds is 3. The van der Waals surface area contributed by atoms with E-state index < -0.39 is 5.95 Å². The van der Waals surface area contributed by atoms with Crippen LogP contribution in [0, 0.1) is 11.4 Å². The Balaban J connectivity index is 1.89. The fourth-order valence-electron chi connectivity index (χ4n) is 2.16. The van der Waals surface area contributed by atoms with Crippen LogP contribution in [0.5, 0.6) is 0 Å². The van der Waals surface area contributed by atoms with E-state index in [1.54, 1.807) is 6.07 Å². The number of hydrogen-bond donors (Lipinski definition) is 1. The average molecular weight is 237 g/mol. The fraction of sp³-hybridized carbons (Fsp3) is 0.615. The zero-order chi connectivity index (χ0) is 12.3. The molecule has 1 fully saturated rings. The van der Waals surface area contributed by atoms with Crippen LogP contribution in [0.3, 0.4) is 0 Å². The predicted octanol–water partition coefficient (Wildman–Crippen LogP) is 2.36. The number of likely N-dealkylation sites (tertiary alicyclic amines) is 1. The molecule has 0 amide bonds. The molecule has 4 heteroatoms. The van der Waals surface area contributed by atoms with Crippen molar-refractivity contribution in [1.82, 2.24) is 9.88 Å². The standard InChI is InChI=1S/C13H20FN3/c1-13(4-7-17(2)8-5-13)10-16-11-3-6-15-12(14)9-11/h3,6,9H,4-5,7-8,10H2,1-2H3,(H,15,16). The molecule has 1 aliphatic rings. The van der Waals surface area contributed by atoms with Gasteiger partial charge in [0.05, 0.1) is 0 Å². The van der Waals surface area contributed by atoms with Crippen molar-refractivity contribution in [1.29, 1.82) is 0 Å². The third kappa shape index (κ3) is 3.40. The first kappa shape index (κ1) is 12.3. The number of halogens is 1. The highest BCUT2D eigenvalue weighted by atomic mass is 19.1. The lowest BCUT2D eigenvalue weighted by Gasteiger charge is -2.38. The molecule has 0 unspecified atom stereocenters. The molecule has 0 saturated carbocycles. The monoisotopic (exact) mass is 237 g/mol. The first-order valence-electron chi connectivity index (χ1n) is 6.11. The average Bonchev–Trinajstić information content (AvgIpc) is 2.31. The minimum Gasteiger partial charge on any atom is -0.384 e. The van der Waals surface area contributed by atoms with E-state index in [0.29, 0.717) is 5.41 Å². The van der Waals surface area contributed by atoms with E-state index in [1.807, 2.05) is 0 Å². The Morgan fingerprint density at radius 1 is 1.47 bits per heavy atom. The van der Waals surface area contributed by atoms with Crippen molar-refractivity contribution in [3.8, 4) is 0 Å². The van der Waals surface area contributed by atoms with Crippen molar-refractivity contribution in [2.24, 2.45) is 5.41 Å². The van der Waals surface area contributed by atoms with Crippen molar-refractivity contribution >= 4 is 5.69 Å². The van der Waals surface area contributed by atoms with Gasteiger partial charge in [-0.05, 0) is 44.5 Å². The van der Waals surface area contributed by atoms with Crippen LogP contribution >= 0.6 is 0 Å². The van der Waals surface area contributed by atoms with E-state index in [4.69, 9.17) is 0 Å². The smallest absolute Gasteiger partial charge is 0.214 e. The molecule has 94 valence electrons. The number of nitrogens with zero attached hydrogens (tertiary/aromatic N) is 2. The summed E-state index contributed by atoms with van der Waals surface area (Å²) in [4.78, 5) is 5.90. The second-order valence-electron chi connectivity index (χ2n) is 5.33. The summed E-state index contributed by atoms with van der Waals surface area (Å²) >= 11 is 0. The van der Waals surface area contributed by atoms with Crippen LogP contribution in [0.1, 0.15) is 19.8 Å². The first-order valence-corrected chi connectivity index (χ1v) is 6.11. The van der Waals surface area contributed by atoms with Gasteiger partial charge >= 0.3 is 0 Å². The molecular weight excluding hydrogens is 217 g/mol. The normalized spacial score (nSPS) is 20.2. The molecule has 0 radical (unpaired) electrons. The molecule has 0 atom stereocenters. The van der Waals surface area contributed by atoms with Gasteiger partial charge in [0.1, 0.15) is 0 Å². The maximum Gasteiger partial charge on any atom is 0.214 e. The van der Waals surface area contributed by atoms with Gasteiger partial charge in [-0.3, -0.25) is 0 Å². The van der Waals surface area contributed by atoms with Crippen LogP contribution in [0.15, 0.2) is 18.3 Å². The minimum atomic E-state index is -0.427. The number of pyridine rings is 1. The molecule has 1 aromatic rings. The highest BCUT2D eigenvalue weighted by molar-refractivity contribution is 5.41. The molecule has 3 nitrogen and oxygen atoms in total. The fourth-order valence-corrected chi connectivity index (χ4v) is 2.16. The van der Waals surface area contributed by atoms with Crippen molar-refractivity contribution in [2.45, 2.75) is 19.8 Å². The summed E-state index contributed by atoms with van der Waals surface area (Å²) in [7, 11) is 2.16. The molecule has 2 rings (SSSR count). The molecule has 0 spiro atoms. The van der Waals surface area contributed by atoms with Crippen LogP contribution < -0.4 is 5.32 Å². The van der Waals surface area contributed by atoms with Gasteiger partial charge in [-0.25, -0.2) is 4.98 Å². The van der Waals surface area contributed by atoms with Crippen LogP contribution in [0.4, 0.5) is 10.1 Å². The summed E-state index contributed by atoms with van der Waals surface area (Å²) in [5.41, 5.74) is 1.13. The summed E-state index contributed by atoms with van der Waals surface area (Å²) in [6.07, 6.45) is 3.86. The van der Waals surface area contributed by atoms with Crippen LogP contribution in [-0.4, -0.2) is 36.6 Å². The Labute approximate surface area is 102 Å². The molecular formula is C13H20FN3. The van der Waals surface area contributed by atoms with E-state index in [9.17, 15) is 4.39 Å². The molecule has 0 aromatic carbocycles. The zero-order valence-electron chi connectivity index (χ0n) is 10.5. The van der Waals surface area contributed by atoms with Crippen molar-refractivity contribution < 1.29 is 4.39 Å². The molecule has 2 heterocycles. The van der Waals surface area contributed by atoms with E-state index in [1.165, 1.54) is 25.1 Å². The minimum absolute atomic E-state index is 0.312. The van der Waals surface area contributed by atoms with E-state index in [2.05, 4.69) is 29.2 Å². The van der Waals surface area contributed by atoms with Gasteiger partial charge in [0.25, 0.3) is 0 Å². The Hall–Kier alpha value is -1.16. The van der Waals surface area contributed by atoms with Crippen molar-refractivity contribution in [3.05, 3.63) is 24.3 Å². The number of aromatic nitrogens is 1. The topological polar surface area (TPSA) is 28.2 Å². The number of piperidine rings is 1. The van der Waals surface area contributed by atoms with Crippen LogP contribution in [-0.2, 0) is 0 Å². The largest absolute Gasteiger partial charge is 0.384 e. The van der Waals surface area contributed by atoms with Gasteiger partial charge in [0.2, 0.25) is 5.95 Å². The second-order valence-corrected chi connectivity index (χ2v) is 5.33. The summed E-state index contributed by atoms with van der Waals surface area (Å²) in [6.45, 7) is 5.47. The van der Waals surface area contributed by atoms with Crippen molar-refractivity contribution in [2.75, 3.05) is 32.0 Å². The Bertz CT molecular complexity index is 373. The third-order valence-corrected chi connectivity index (χ3v) is 3.64. The lowest BCUT2D eigenvalue weighted by Crippen LogP contribution is -2.40. The SMILES string of the molecule is CN1CCC(C)(CNc2ccnc(F)c2)CC1. The Kier molecular flexibility index (Phi) is 3.62. The number of anilines is 1. The van der Waals surface area contributed by atoms with Gasteiger partial charge in [-0.2, -0.15) is 4.39 Å². The first-order chi connectivity index (χ1) is 8.07. The molecule has 1 saturated heterocycles. The number of hydrogen-bond acceptors (Lipinski definition) is 3.